The van der Waals surface area contributed by atoms with E-state index in [1.807, 2.05) is 0 Å². The number of carboxylic acid groups (broad SMARTS) is 1. The zero-order valence-corrected chi connectivity index (χ0v) is 20.9. The third kappa shape index (κ3) is 13.4. The van der Waals surface area contributed by atoms with Gasteiger partial charge in [-0.2, -0.15) is 0 Å². The van der Waals surface area contributed by atoms with E-state index in [4.69, 9.17) is 22.9 Å². The smallest absolute Gasteiger partial charge is 0.328 e. The van der Waals surface area contributed by atoms with Gasteiger partial charge in [0.05, 0.1) is 12.1 Å². The number of nitrogens with one attached hydrogen (secondary N) is 3. The molecule has 0 fully saturated rings. The summed E-state index contributed by atoms with van der Waals surface area (Å²) in [7, 11) is 0. The molecule has 0 aliphatic rings. The van der Waals surface area contributed by atoms with Crippen molar-refractivity contribution in [1.29, 1.82) is 0 Å². The predicted molar refractivity (Wildman–Crippen MR) is 131 cm³/mol. The molecule has 15 heteroatoms. The van der Waals surface area contributed by atoms with E-state index in [0.717, 1.165) is 0 Å². The minimum Gasteiger partial charge on any atom is -0.480 e. The van der Waals surface area contributed by atoms with Crippen molar-refractivity contribution in [3.05, 3.63) is 0 Å². The van der Waals surface area contributed by atoms with E-state index in [1.165, 1.54) is 6.92 Å². The summed E-state index contributed by atoms with van der Waals surface area (Å²) in [5.74, 6) is -4.64. The fourth-order valence-electron chi connectivity index (χ4n) is 3.10. The Labute approximate surface area is 209 Å². The Morgan fingerprint density at radius 1 is 0.861 bits per heavy atom. The van der Waals surface area contributed by atoms with Crippen LogP contribution in [0.5, 0.6) is 0 Å². The van der Waals surface area contributed by atoms with Crippen molar-refractivity contribution in [2.75, 3.05) is 6.54 Å². The lowest BCUT2D eigenvalue weighted by Crippen LogP contribution is -2.58. The Hall–Kier alpha value is -3.46. The Kier molecular flexibility index (Phi) is 14.7. The number of carboxylic acids is 1. The lowest BCUT2D eigenvalue weighted by atomic mass is 10.0. The number of aliphatic hydroxyl groups is 1. The van der Waals surface area contributed by atoms with Crippen LogP contribution in [0.2, 0.25) is 0 Å². The minimum atomic E-state index is -1.59. The van der Waals surface area contributed by atoms with Crippen molar-refractivity contribution < 1.29 is 34.2 Å². The molecule has 13 N–H and O–H groups in total. The summed E-state index contributed by atoms with van der Waals surface area (Å²) in [6, 6.07) is -5.02. The second-order valence-electron chi connectivity index (χ2n) is 8.88. The summed E-state index contributed by atoms with van der Waals surface area (Å²) in [4.78, 5) is 64.7. The molecule has 0 radical (unpaired) electrons. The van der Waals surface area contributed by atoms with Gasteiger partial charge in [0.1, 0.15) is 12.1 Å². The summed E-state index contributed by atoms with van der Waals surface area (Å²) in [6.07, 6.45) is -1.05. The van der Waals surface area contributed by atoms with Crippen molar-refractivity contribution in [2.24, 2.45) is 33.8 Å². The molecule has 0 saturated heterocycles. The Balaban J connectivity index is 5.47. The van der Waals surface area contributed by atoms with Crippen LogP contribution in [0.1, 0.15) is 52.9 Å². The molecular formula is C21H40N8O7. The summed E-state index contributed by atoms with van der Waals surface area (Å²) >= 11 is 0. The maximum absolute atomic E-state index is 13.0. The number of rotatable bonds is 17. The van der Waals surface area contributed by atoms with Crippen molar-refractivity contribution in [3.63, 3.8) is 0 Å². The first kappa shape index (κ1) is 32.5. The molecule has 0 spiro atoms. The van der Waals surface area contributed by atoms with Gasteiger partial charge in [0.25, 0.3) is 0 Å². The molecular weight excluding hydrogens is 476 g/mol. The molecule has 0 aromatic rings. The third-order valence-electron chi connectivity index (χ3n) is 5.00. The summed E-state index contributed by atoms with van der Waals surface area (Å²) in [5, 5.41) is 26.0. The molecule has 0 bridgehead atoms. The standard InChI is InChI=1S/C21H40N8O7/c1-10(2)9-14(19(34)29-16(11(3)30)20(35)36)28-18(33)13(6-7-15(23)31)27-17(32)12(22)5-4-8-26-21(24)25/h10-14,16,30H,4-9,22H2,1-3H3,(H2,23,31)(H,27,32)(H,28,33)(H,29,34)(H,35,36)(H4,24,25,26). The number of hydrogen-bond acceptors (Lipinski definition) is 8. The fraction of sp³-hybridized carbons (Fsp3) is 0.714. The van der Waals surface area contributed by atoms with E-state index >= 15 is 0 Å². The Morgan fingerprint density at radius 3 is 1.89 bits per heavy atom. The van der Waals surface area contributed by atoms with Gasteiger partial charge < -0.3 is 49.1 Å². The molecule has 4 amide bonds. The maximum Gasteiger partial charge on any atom is 0.328 e. The zero-order chi connectivity index (χ0) is 28.0. The quantitative estimate of drug-likeness (QED) is 0.0524. The van der Waals surface area contributed by atoms with Crippen molar-refractivity contribution >= 4 is 35.6 Å². The van der Waals surface area contributed by atoms with E-state index < -0.39 is 59.9 Å². The van der Waals surface area contributed by atoms with Crippen LogP contribution < -0.4 is 38.9 Å². The average molecular weight is 517 g/mol. The van der Waals surface area contributed by atoms with Gasteiger partial charge >= 0.3 is 5.97 Å². The monoisotopic (exact) mass is 516 g/mol. The number of nitrogens with zero attached hydrogens (tertiary/aromatic N) is 1. The van der Waals surface area contributed by atoms with Crippen molar-refractivity contribution in [2.45, 2.75) is 83.1 Å². The Bertz CT molecular complexity index is 799. The van der Waals surface area contributed by atoms with Gasteiger partial charge in [0.2, 0.25) is 23.6 Å². The number of nitrogens with two attached hydrogens (primary N) is 4. The Morgan fingerprint density at radius 2 is 1.42 bits per heavy atom. The highest BCUT2D eigenvalue weighted by Gasteiger charge is 2.32. The lowest BCUT2D eigenvalue weighted by molar-refractivity contribution is -0.145. The highest BCUT2D eigenvalue weighted by molar-refractivity contribution is 5.94. The van der Waals surface area contributed by atoms with E-state index in [1.54, 1.807) is 13.8 Å². The van der Waals surface area contributed by atoms with Crippen LogP contribution >= 0.6 is 0 Å². The van der Waals surface area contributed by atoms with Crippen LogP contribution in [0, 0.1) is 5.92 Å². The molecule has 0 aliphatic carbocycles. The van der Waals surface area contributed by atoms with Gasteiger partial charge in [-0.3, -0.25) is 24.2 Å². The topological polar surface area (TPSA) is 278 Å². The molecule has 0 heterocycles. The number of carbonyl (C=O) groups is 5. The first-order chi connectivity index (χ1) is 16.6. The average Bonchev–Trinajstić information content (AvgIpc) is 2.75. The lowest BCUT2D eigenvalue weighted by Gasteiger charge is -2.26. The number of aliphatic imine (C=N–C) groups is 1. The largest absolute Gasteiger partial charge is 0.480 e. The third-order valence-corrected chi connectivity index (χ3v) is 5.00. The predicted octanol–water partition coefficient (Wildman–Crippen LogP) is -3.40. The highest BCUT2D eigenvalue weighted by atomic mass is 16.4. The SMILES string of the molecule is CC(C)CC(NC(=O)C(CCC(N)=O)NC(=O)C(N)CCCN=C(N)N)C(=O)NC(C(=O)O)C(C)O. The zero-order valence-electron chi connectivity index (χ0n) is 20.9. The molecule has 5 unspecified atom stereocenters. The number of hydrogen-bond donors (Lipinski definition) is 9. The van der Waals surface area contributed by atoms with Gasteiger partial charge in [-0.1, -0.05) is 13.8 Å². The summed E-state index contributed by atoms with van der Waals surface area (Å²) in [6.45, 7) is 5.02. The van der Waals surface area contributed by atoms with Crippen LogP contribution in [-0.4, -0.2) is 82.6 Å². The second-order valence-corrected chi connectivity index (χ2v) is 8.88. The second kappa shape index (κ2) is 16.3. The number of aliphatic carboxylic acids is 1. The van der Waals surface area contributed by atoms with Gasteiger partial charge in [-0.05, 0) is 38.5 Å². The van der Waals surface area contributed by atoms with Gasteiger partial charge in [0, 0.05) is 13.0 Å². The van der Waals surface area contributed by atoms with Crippen molar-refractivity contribution in [3.8, 4) is 0 Å². The van der Waals surface area contributed by atoms with Gasteiger partial charge in [-0.15, -0.1) is 0 Å². The van der Waals surface area contributed by atoms with Crippen LogP contribution in [-0.2, 0) is 24.0 Å². The van der Waals surface area contributed by atoms with Crippen LogP contribution in [0.25, 0.3) is 0 Å². The number of aliphatic hydroxyl groups excluding tert-OH is 1. The molecule has 0 aromatic carbocycles. The number of guanidine groups is 1. The minimum absolute atomic E-state index is 0.0897. The van der Waals surface area contributed by atoms with E-state index in [9.17, 15) is 34.2 Å². The summed E-state index contributed by atoms with van der Waals surface area (Å²) < 4.78 is 0. The first-order valence-corrected chi connectivity index (χ1v) is 11.6. The number of amides is 4. The molecule has 36 heavy (non-hydrogen) atoms. The molecule has 0 aromatic heterocycles. The van der Waals surface area contributed by atoms with Gasteiger partial charge in [0.15, 0.2) is 12.0 Å². The highest BCUT2D eigenvalue weighted by Crippen LogP contribution is 2.08. The molecule has 0 rings (SSSR count). The van der Waals surface area contributed by atoms with Crippen LogP contribution in [0.4, 0.5) is 0 Å². The van der Waals surface area contributed by atoms with Crippen LogP contribution in [0.15, 0.2) is 4.99 Å². The van der Waals surface area contributed by atoms with E-state index in [2.05, 4.69) is 20.9 Å². The number of primary amides is 1. The summed E-state index contributed by atoms with van der Waals surface area (Å²) in [5.41, 5.74) is 21.5. The molecule has 5 atom stereocenters. The normalized spacial score (nSPS) is 15.1. The molecule has 15 nitrogen and oxygen atoms in total. The fourth-order valence-corrected chi connectivity index (χ4v) is 3.10. The molecule has 206 valence electrons. The number of carbonyl (C=O) groups excluding carboxylic acids is 4. The first-order valence-electron chi connectivity index (χ1n) is 11.6. The van der Waals surface area contributed by atoms with E-state index in [0.29, 0.717) is 6.42 Å². The molecule has 0 saturated carbocycles. The molecule has 0 aliphatic heterocycles. The van der Waals surface area contributed by atoms with Crippen molar-refractivity contribution in [1.82, 2.24) is 16.0 Å². The van der Waals surface area contributed by atoms with E-state index in [-0.39, 0.29) is 44.1 Å². The van der Waals surface area contributed by atoms with Crippen LogP contribution in [0.3, 0.4) is 0 Å². The van der Waals surface area contributed by atoms with Gasteiger partial charge in [-0.25, -0.2) is 4.79 Å². The maximum atomic E-state index is 13.0.